The van der Waals surface area contributed by atoms with E-state index in [9.17, 15) is 4.79 Å². The smallest absolute Gasteiger partial charge is 0.226 e. The van der Waals surface area contributed by atoms with E-state index in [-0.39, 0.29) is 18.0 Å². The number of aromatic nitrogens is 2. The summed E-state index contributed by atoms with van der Waals surface area (Å²) in [5.74, 6) is -0.0298. The van der Waals surface area contributed by atoms with Crippen molar-refractivity contribution in [2.45, 2.75) is 38.8 Å². The monoisotopic (exact) mass is 509 g/mol. The quantitative estimate of drug-likeness (QED) is 0.297. The van der Waals surface area contributed by atoms with Gasteiger partial charge < -0.3 is 20.1 Å². The lowest BCUT2D eigenvalue weighted by molar-refractivity contribution is -0.116. The van der Waals surface area contributed by atoms with Gasteiger partial charge in [0, 0.05) is 42.4 Å². The van der Waals surface area contributed by atoms with Crippen molar-refractivity contribution in [1.82, 2.24) is 19.8 Å². The van der Waals surface area contributed by atoms with E-state index >= 15 is 0 Å². The van der Waals surface area contributed by atoms with E-state index in [0.29, 0.717) is 18.1 Å². The zero-order valence-corrected chi connectivity index (χ0v) is 21.9. The average Bonchev–Trinajstić information content (AvgIpc) is 3.52. The number of benzene rings is 2. The van der Waals surface area contributed by atoms with Crippen molar-refractivity contribution in [3.63, 3.8) is 0 Å². The number of aryl methyl sites for hydroxylation is 2. The molecular formula is C30H31N5OS. The molecule has 188 valence electrons. The highest BCUT2D eigenvalue weighted by atomic mass is 32.1. The molecule has 1 fully saturated rings. The van der Waals surface area contributed by atoms with Gasteiger partial charge in [0.25, 0.3) is 0 Å². The van der Waals surface area contributed by atoms with E-state index in [1.807, 2.05) is 42.5 Å². The lowest BCUT2D eigenvalue weighted by Gasteiger charge is -2.29. The summed E-state index contributed by atoms with van der Waals surface area (Å²) in [6, 6.07) is 26.2. The molecule has 5 rings (SSSR count). The Kier molecular flexibility index (Phi) is 7.32. The number of para-hydroxylation sites is 1. The molecule has 37 heavy (non-hydrogen) atoms. The van der Waals surface area contributed by atoms with Crippen LogP contribution in [-0.4, -0.2) is 32.0 Å². The Balaban J connectivity index is 1.44. The summed E-state index contributed by atoms with van der Waals surface area (Å²) >= 11 is 5.82. The van der Waals surface area contributed by atoms with Gasteiger partial charge in [-0.2, -0.15) is 0 Å². The van der Waals surface area contributed by atoms with Crippen molar-refractivity contribution in [1.29, 1.82) is 0 Å². The SMILES string of the molecule is CCc1ccccc1NC(=O)CCN1C(=S)N[C@H](c2ccccn2)[C@H]1c1cccn1-c1cccc(C)c1. The Labute approximate surface area is 223 Å². The number of pyridine rings is 1. The molecule has 2 aromatic carbocycles. The summed E-state index contributed by atoms with van der Waals surface area (Å²) < 4.78 is 2.20. The van der Waals surface area contributed by atoms with Crippen LogP contribution in [0.25, 0.3) is 5.69 Å². The van der Waals surface area contributed by atoms with Crippen molar-refractivity contribution in [3.05, 3.63) is 114 Å². The van der Waals surface area contributed by atoms with E-state index < -0.39 is 0 Å². The van der Waals surface area contributed by atoms with Crippen LogP contribution in [0.2, 0.25) is 0 Å². The van der Waals surface area contributed by atoms with E-state index in [1.54, 1.807) is 6.20 Å². The highest BCUT2D eigenvalue weighted by Gasteiger charge is 2.41. The second-order valence-corrected chi connectivity index (χ2v) is 9.66. The lowest BCUT2D eigenvalue weighted by atomic mass is 10.0. The molecule has 0 bridgehead atoms. The summed E-state index contributed by atoms with van der Waals surface area (Å²) in [6.45, 7) is 4.67. The molecule has 0 radical (unpaired) electrons. The van der Waals surface area contributed by atoms with Crippen LogP contribution in [0.4, 0.5) is 5.69 Å². The van der Waals surface area contributed by atoms with Crippen LogP contribution in [-0.2, 0) is 11.2 Å². The lowest BCUT2D eigenvalue weighted by Crippen LogP contribution is -2.33. The zero-order valence-electron chi connectivity index (χ0n) is 21.1. The van der Waals surface area contributed by atoms with Gasteiger partial charge in [0.15, 0.2) is 5.11 Å². The number of carbonyl (C=O) groups is 1. The molecule has 1 amide bonds. The number of thiocarbonyl (C=S) groups is 1. The predicted octanol–water partition coefficient (Wildman–Crippen LogP) is 5.74. The van der Waals surface area contributed by atoms with Gasteiger partial charge in [0.2, 0.25) is 5.91 Å². The number of nitrogens with zero attached hydrogens (tertiary/aromatic N) is 3. The van der Waals surface area contributed by atoms with Crippen molar-refractivity contribution in [2.24, 2.45) is 0 Å². The standard InChI is InChI=1S/C30H31N5OS/c1-3-22-11-4-5-13-24(22)32-27(36)16-19-35-29(28(33-30(35)37)25-14-6-7-17-31-25)26-15-9-18-34(26)23-12-8-10-21(2)20-23/h4-15,17-18,20,28-29H,3,16,19H2,1-2H3,(H,32,36)(H,33,37)/t28-,29-/m1/s1. The number of hydrogen-bond donors (Lipinski definition) is 2. The van der Waals surface area contributed by atoms with E-state index in [0.717, 1.165) is 34.7 Å². The first-order chi connectivity index (χ1) is 18.0. The molecule has 3 heterocycles. The number of hydrogen-bond acceptors (Lipinski definition) is 3. The predicted molar refractivity (Wildman–Crippen MR) is 152 cm³/mol. The van der Waals surface area contributed by atoms with Gasteiger partial charge in [-0.3, -0.25) is 9.78 Å². The minimum atomic E-state index is -0.143. The van der Waals surface area contributed by atoms with Gasteiger partial charge in [-0.05, 0) is 79.2 Å². The summed E-state index contributed by atoms with van der Waals surface area (Å²) in [4.78, 5) is 19.8. The van der Waals surface area contributed by atoms with Crippen LogP contribution >= 0.6 is 12.2 Å². The molecule has 1 aliphatic rings. The number of nitrogens with one attached hydrogen (secondary N) is 2. The third-order valence-electron chi connectivity index (χ3n) is 6.81. The van der Waals surface area contributed by atoms with E-state index in [2.05, 4.69) is 81.5 Å². The summed E-state index contributed by atoms with van der Waals surface area (Å²) in [5.41, 5.74) is 6.28. The molecule has 4 aromatic rings. The van der Waals surface area contributed by atoms with E-state index in [4.69, 9.17) is 12.2 Å². The fraction of sp³-hybridized carbons (Fsp3) is 0.233. The third kappa shape index (κ3) is 5.27. The van der Waals surface area contributed by atoms with Crippen molar-refractivity contribution >= 4 is 28.9 Å². The first-order valence-electron chi connectivity index (χ1n) is 12.6. The highest BCUT2D eigenvalue weighted by Crippen LogP contribution is 2.39. The molecule has 0 unspecified atom stereocenters. The highest BCUT2D eigenvalue weighted by molar-refractivity contribution is 7.80. The van der Waals surface area contributed by atoms with Crippen LogP contribution in [0.1, 0.15) is 47.9 Å². The number of amides is 1. The maximum Gasteiger partial charge on any atom is 0.226 e. The first kappa shape index (κ1) is 24.7. The van der Waals surface area contributed by atoms with E-state index in [1.165, 1.54) is 5.56 Å². The van der Waals surface area contributed by atoms with Gasteiger partial charge in [-0.1, -0.05) is 43.3 Å². The Morgan fingerprint density at radius 1 is 1.05 bits per heavy atom. The van der Waals surface area contributed by atoms with Crippen LogP contribution in [0.15, 0.2) is 91.3 Å². The zero-order chi connectivity index (χ0) is 25.8. The second kappa shape index (κ2) is 11.0. The van der Waals surface area contributed by atoms with Gasteiger partial charge in [-0.25, -0.2) is 0 Å². The number of rotatable bonds is 8. The Morgan fingerprint density at radius 3 is 2.68 bits per heavy atom. The summed E-state index contributed by atoms with van der Waals surface area (Å²) in [5, 5.41) is 7.20. The fourth-order valence-corrected chi connectivity index (χ4v) is 5.33. The van der Waals surface area contributed by atoms with Crippen molar-refractivity contribution < 1.29 is 4.79 Å². The first-order valence-corrected chi connectivity index (χ1v) is 13.1. The van der Waals surface area contributed by atoms with Gasteiger partial charge >= 0.3 is 0 Å². The Hall–Kier alpha value is -3.97. The fourth-order valence-electron chi connectivity index (χ4n) is 5.00. The van der Waals surface area contributed by atoms with Crippen LogP contribution in [0.5, 0.6) is 0 Å². The molecule has 1 saturated heterocycles. The van der Waals surface area contributed by atoms with Crippen molar-refractivity contribution in [3.8, 4) is 5.69 Å². The Morgan fingerprint density at radius 2 is 1.89 bits per heavy atom. The number of anilines is 1. The third-order valence-corrected chi connectivity index (χ3v) is 7.17. The maximum absolute atomic E-state index is 13.0. The van der Waals surface area contributed by atoms with Crippen molar-refractivity contribution in [2.75, 3.05) is 11.9 Å². The molecule has 0 aliphatic carbocycles. The molecule has 2 aromatic heterocycles. The average molecular weight is 510 g/mol. The molecule has 7 heteroatoms. The molecule has 0 spiro atoms. The molecule has 0 saturated carbocycles. The summed E-state index contributed by atoms with van der Waals surface area (Å²) in [7, 11) is 0. The largest absolute Gasteiger partial charge is 0.352 e. The number of carbonyl (C=O) groups excluding carboxylic acids is 1. The Bertz CT molecular complexity index is 1400. The van der Waals surface area contributed by atoms with Gasteiger partial charge in [0.05, 0.1) is 17.8 Å². The molecule has 6 nitrogen and oxygen atoms in total. The molecule has 1 aliphatic heterocycles. The second-order valence-electron chi connectivity index (χ2n) is 9.27. The van der Waals surface area contributed by atoms with Gasteiger partial charge in [0.1, 0.15) is 0 Å². The topological polar surface area (TPSA) is 62.2 Å². The van der Waals surface area contributed by atoms with Crippen LogP contribution < -0.4 is 10.6 Å². The minimum Gasteiger partial charge on any atom is -0.352 e. The molecule has 2 N–H and O–H groups in total. The maximum atomic E-state index is 13.0. The molecule has 2 atom stereocenters. The van der Waals surface area contributed by atoms with Gasteiger partial charge in [-0.15, -0.1) is 0 Å². The minimum absolute atomic E-state index is 0.0298. The molecular weight excluding hydrogens is 478 g/mol. The van der Waals surface area contributed by atoms with Crippen LogP contribution in [0.3, 0.4) is 0 Å². The van der Waals surface area contributed by atoms with Crippen LogP contribution in [0, 0.1) is 6.92 Å². The summed E-state index contributed by atoms with van der Waals surface area (Å²) in [6.07, 6.45) is 5.06. The normalized spacial score (nSPS) is 17.0.